The van der Waals surface area contributed by atoms with Gasteiger partial charge in [-0.2, -0.15) is 4.31 Å². The summed E-state index contributed by atoms with van der Waals surface area (Å²) in [4.78, 5) is 22.4. The second-order valence-corrected chi connectivity index (χ2v) is 6.10. The number of hydrogen-bond acceptors (Lipinski definition) is 4. The van der Waals surface area contributed by atoms with Crippen LogP contribution in [0.3, 0.4) is 0 Å². The molecule has 0 bridgehead atoms. The lowest BCUT2D eigenvalue weighted by atomic mass is 10.2. The summed E-state index contributed by atoms with van der Waals surface area (Å²) in [6, 6.07) is 5.97. The normalized spacial score (nSPS) is 11.3. The van der Waals surface area contributed by atoms with Crippen LogP contribution in [-0.4, -0.2) is 44.4 Å². The van der Waals surface area contributed by atoms with Crippen LogP contribution in [-0.2, 0) is 14.8 Å². The molecule has 0 saturated heterocycles. The van der Waals surface area contributed by atoms with Gasteiger partial charge in [0.05, 0.1) is 12.8 Å². The van der Waals surface area contributed by atoms with Gasteiger partial charge in [0.15, 0.2) is 0 Å². The lowest BCUT2D eigenvalue weighted by Gasteiger charge is -2.13. The number of rotatable bonds is 5. The van der Waals surface area contributed by atoms with Gasteiger partial charge in [-0.1, -0.05) is 0 Å². The van der Waals surface area contributed by atoms with Gasteiger partial charge in [-0.05, 0) is 24.3 Å². The Morgan fingerprint density at radius 3 is 2.21 bits per heavy atom. The van der Waals surface area contributed by atoms with E-state index < -0.39 is 21.8 Å². The molecule has 0 atom stereocenters. The number of carbonyl (C=O) groups excluding carboxylic acids is 2. The maximum absolute atomic E-state index is 11.6. The van der Waals surface area contributed by atoms with E-state index in [0.29, 0.717) is 11.3 Å². The van der Waals surface area contributed by atoms with E-state index in [1.807, 2.05) is 0 Å². The van der Waals surface area contributed by atoms with Crippen molar-refractivity contribution in [2.24, 2.45) is 5.73 Å². The van der Waals surface area contributed by atoms with Gasteiger partial charge in [-0.15, -0.1) is 0 Å². The van der Waals surface area contributed by atoms with E-state index in [2.05, 4.69) is 5.32 Å². The Morgan fingerprint density at radius 2 is 1.79 bits per heavy atom. The molecule has 8 heteroatoms. The van der Waals surface area contributed by atoms with E-state index in [1.54, 1.807) is 0 Å². The van der Waals surface area contributed by atoms with Crippen LogP contribution in [0.1, 0.15) is 10.4 Å². The van der Waals surface area contributed by atoms with Gasteiger partial charge in [0.1, 0.15) is 0 Å². The molecule has 0 spiro atoms. The summed E-state index contributed by atoms with van der Waals surface area (Å²) in [6.45, 7) is -0.281. The third-order valence-corrected chi connectivity index (χ3v) is 3.65. The molecule has 0 heterocycles. The van der Waals surface area contributed by atoms with E-state index in [-0.39, 0.29) is 6.54 Å². The van der Waals surface area contributed by atoms with Crippen molar-refractivity contribution < 1.29 is 18.0 Å². The Balaban J connectivity index is 2.65. The number of amides is 2. The zero-order chi connectivity index (χ0) is 14.6. The number of nitrogens with one attached hydrogen (secondary N) is 1. The lowest BCUT2D eigenvalue weighted by molar-refractivity contribution is -0.116. The number of nitrogens with two attached hydrogens (primary N) is 1. The van der Waals surface area contributed by atoms with Gasteiger partial charge in [-0.3, -0.25) is 9.59 Å². The highest BCUT2D eigenvalue weighted by atomic mass is 32.2. The summed E-state index contributed by atoms with van der Waals surface area (Å²) in [5, 5.41) is 2.51. The van der Waals surface area contributed by atoms with Crippen LogP contribution in [0.25, 0.3) is 0 Å². The molecule has 7 nitrogen and oxygen atoms in total. The highest BCUT2D eigenvalue weighted by molar-refractivity contribution is 7.88. The Bertz CT molecular complexity index is 580. The van der Waals surface area contributed by atoms with Crippen LogP contribution in [0.5, 0.6) is 0 Å². The predicted octanol–water partition coefficient (Wildman–Crippen LogP) is -0.385. The molecular weight excluding hydrogens is 270 g/mol. The van der Waals surface area contributed by atoms with Crippen LogP contribution in [0.2, 0.25) is 0 Å². The molecule has 0 radical (unpaired) electrons. The first-order valence-electron chi connectivity index (χ1n) is 5.31. The lowest BCUT2D eigenvalue weighted by Crippen LogP contribution is -2.34. The number of primary amides is 1. The van der Waals surface area contributed by atoms with Crippen LogP contribution in [0, 0.1) is 0 Å². The molecule has 1 aromatic carbocycles. The third kappa shape index (κ3) is 4.68. The van der Waals surface area contributed by atoms with Gasteiger partial charge in [-0.25, -0.2) is 8.42 Å². The molecule has 0 aliphatic rings. The Kier molecular flexibility index (Phi) is 4.62. The maximum Gasteiger partial charge on any atom is 0.248 e. The molecule has 3 N–H and O–H groups in total. The van der Waals surface area contributed by atoms with Crippen molar-refractivity contribution in [3.8, 4) is 0 Å². The molecule has 1 aromatic rings. The fourth-order valence-corrected chi connectivity index (χ4v) is 1.59. The van der Waals surface area contributed by atoms with Crippen molar-refractivity contribution in [3.05, 3.63) is 29.8 Å². The maximum atomic E-state index is 11.6. The van der Waals surface area contributed by atoms with Crippen molar-refractivity contribution >= 4 is 27.5 Å². The van der Waals surface area contributed by atoms with Gasteiger partial charge < -0.3 is 11.1 Å². The van der Waals surface area contributed by atoms with Gasteiger partial charge in [0, 0.05) is 18.3 Å². The van der Waals surface area contributed by atoms with E-state index >= 15 is 0 Å². The number of carbonyl (C=O) groups is 2. The number of likely N-dealkylation sites (N-methyl/N-ethyl adjacent to an activating group) is 1. The Labute approximate surface area is 111 Å². The summed E-state index contributed by atoms with van der Waals surface area (Å²) >= 11 is 0. The molecule has 0 aliphatic heterocycles. The highest BCUT2D eigenvalue weighted by Crippen LogP contribution is 2.09. The average Bonchev–Trinajstić information content (AvgIpc) is 2.28. The summed E-state index contributed by atoms with van der Waals surface area (Å²) in [7, 11) is -2.09. The number of benzene rings is 1. The summed E-state index contributed by atoms with van der Waals surface area (Å²) < 4.78 is 23.2. The number of sulfonamides is 1. The number of nitrogens with zero attached hydrogens (tertiary/aromatic N) is 1. The summed E-state index contributed by atoms with van der Waals surface area (Å²) in [6.07, 6.45) is 1.02. The highest BCUT2D eigenvalue weighted by Gasteiger charge is 2.15. The minimum absolute atomic E-state index is 0.281. The van der Waals surface area contributed by atoms with Gasteiger partial charge >= 0.3 is 0 Å². The van der Waals surface area contributed by atoms with Crippen LogP contribution < -0.4 is 11.1 Å². The molecule has 2 amide bonds. The monoisotopic (exact) mass is 285 g/mol. The van der Waals surface area contributed by atoms with Gasteiger partial charge in [0.25, 0.3) is 0 Å². The van der Waals surface area contributed by atoms with Crippen LogP contribution >= 0.6 is 0 Å². The van der Waals surface area contributed by atoms with E-state index in [9.17, 15) is 18.0 Å². The quantitative estimate of drug-likeness (QED) is 0.768. The minimum atomic E-state index is -3.40. The molecule has 0 unspecified atom stereocenters. The smallest absolute Gasteiger partial charge is 0.248 e. The number of anilines is 1. The Hall–Kier alpha value is -1.93. The molecule has 19 heavy (non-hydrogen) atoms. The van der Waals surface area contributed by atoms with Crippen molar-refractivity contribution in [2.75, 3.05) is 25.2 Å². The van der Waals surface area contributed by atoms with Crippen molar-refractivity contribution in [1.82, 2.24) is 4.31 Å². The zero-order valence-electron chi connectivity index (χ0n) is 10.6. The minimum Gasteiger partial charge on any atom is -0.366 e. The molecule has 0 saturated carbocycles. The van der Waals surface area contributed by atoms with Crippen molar-refractivity contribution in [2.45, 2.75) is 0 Å². The molecule has 1 rings (SSSR count). The fourth-order valence-electron chi connectivity index (χ4n) is 1.24. The topological polar surface area (TPSA) is 110 Å². The molecule has 104 valence electrons. The summed E-state index contributed by atoms with van der Waals surface area (Å²) in [5.41, 5.74) is 5.86. The molecular formula is C11H15N3O4S. The van der Waals surface area contributed by atoms with Crippen molar-refractivity contribution in [1.29, 1.82) is 0 Å². The first-order chi connectivity index (χ1) is 8.70. The largest absolute Gasteiger partial charge is 0.366 e. The molecule has 0 fully saturated rings. The van der Waals surface area contributed by atoms with Crippen LogP contribution in [0.4, 0.5) is 5.69 Å². The first-order valence-corrected chi connectivity index (χ1v) is 7.16. The Morgan fingerprint density at radius 1 is 1.26 bits per heavy atom. The van der Waals surface area contributed by atoms with Gasteiger partial charge in [0.2, 0.25) is 21.8 Å². The second kappa shape index (κ2) is 5.81. The zero-order valence-corrected chi connectivity index (χ0v) is 11.4. The third-order valence-electron chi connectivity index (χ3n) is 2.39. The average molecular weight is 285 g/mol. The first kappa shape index (κ1) is 15.1. The van der Waals surface area contributed by atoms with E-state index in [4.69, 9.17) is 5.73 Å². The standard InChI is InChI=1S/C11H15N3O4S/c1-14(19(2,17)18)7-10(15)13-9-5-3-8(4-6-9)11(12)16/h3-6H,7H2,1-2H3,(H2,12,16)(H,13,15). The molecule has 0 aliphatic carbocycles. The second-order valence-electron chi connectivity index (χ2n) is 4.01. The fraction of sp³-hybridized carbons (Fsp3) is 0.273. The van der Waals surface area contributed by atoms with Crippen molar-refractivity contribution in [3.63, 3.8) is 0 Å². The predicted molar refractivity (Wildman–Crippen MR) is 71.1 cm³/mol. The summed E-state index contributed by atoms with van der Waals surface area (Å²) in [5.74, 6) is -1.03. The molecule has 0 aromatic heterocycles. The van der Waals surface area contributed by atoms with E-state index in [0.717, 1.165) is 10.6 Å². The SMILES string of the molecule is CN(CC(=O)Nc1ccc(C(N)=O)cc1)S(C)(=O)=O. The van der Waals surface area contributed by atoms with E-state index in [1.165, 1.54) is 31.3 Å². The number of hydrogen-bond donors (Lipinski definition) is 2. The van der Waals surface area contributed by atoms with Crippen LogP contribution in [0.15, 0.2) is 24.3 Å².